The second kappa shape index (κ2) is 5.86. The molecule has 21 heavy (non-hydrogen) atoms. The van der Waals surface area contributed by atoms with Gasteiger partial charge in [0, 0.05) is 21.9 Å². The van der Waals surface area contributed by atoms with Crippen LogP contribution < -0.4 is 0 Å². The van der Waals surface area contributed by atoms with Crippen molar-refractivity contribution in [3.05, 3.63) is 59.9 Å². The standard InChI is InChI=1S/C18H16FNS/c1-3-12-10-13-8-9-14(19)11-16(13)20-18(12)15-6-4-5-7-17(15)21-2/h4-11H,3H2,1-2H3. The van der Waals surface area contributed by atoms with Crippen LogP contribution in [-0.2, 0) is 6.42 Å². The summed E-state index contributed by atoms with van der Waals surface area (Å²) < 4.78 is 13.5. The highest BCUT2D eigenvalue weighted by Gasteiger charge is 2.11. The van der Waals surface area contributed by atoms with E-state index in [1.165, 1.54) is 22.6 Å². The zero-order valence-electron chi connectivity index (χ0n) is 12.1. The maximum Gasteiger partial charge on any atom is 0.125 e. The van der Waals surface area contributed by atoms with E-state index in [1.807, 2.05) is 12.1 Å². The zero-order chi connectivity index (χ0) is 14.8. The van der Waals surface area contributed by atoms with Gasteiger partial charge in [0.25, 0.3) is 0 Å². The van der Waals surface area contributed by atoms with E-state index in [0.717, 1.165) is 23.1 Å². The fourth-order valence-corrected chi connectivity index (χ4v) is 3.13. The van der Waals surface area contributed by atoms with Gasteiger partial charge in [-0.25, -0.2) is 9.37 Å². The van der Waals surface area contributed by atoms with Gasteiger partial charge in [0.1, 0.15) is 5.82 Å². The number of halogens is 1. The molecule has 0 spiro atoms. The molecule has 0 aliphatic rings. The van der Waals surface area contributed by atoms with Gasteiger partial charge in [-0.15, -0.1) is 11.8 Å². The molecule has 0 N–H and O–H groups in total. The fraction of sp³-hybridized carbons (Fsp3) is 0.167. The lowest BCUT2D eigenvalue weighted by Crippen LogP contribution is -1.95. The number of benzene rings is 2. The smallest absolute Gasteiger partial charge is 0.125 e. The third kappa shape index (κ3) is 2.66. The quantitative estimate of drug-likeness (QED) is 0.606. The van der Waals surface area contributed by atoms with E-state index in [0.29, 0.717) is 5.52 Å². The summed E-state index contributed by atoms with van der Waals surface area (Å²) in [5.74, 6) is -0.247. The van der Waals surface area contributed by atoms with Crippen molar-refractivity contribution < 1.29 is 4.39 Å². The van der Waals surface area contributed by atoms with Crippen molar-refractivity contribution in [2.24, 2.45) is 0 Å². The molecular formula is C18H16FNS. The third-order valence-corrected chi connectivity index (χ3v) is 4.40. The molecule has 0 fully saturated rings. The predicted molar refractivity (Wildman–Crippen MR) is 88.3 cm³/mol. The summed E-state index contributed by atoms with van der Waals surface area (Å²) in [5, 5.41) is 0.985. The van der Waals surface area contributed by atoms with Crippen LogP contribution in [0, 0.1) is 5.82 Å². The van der Waals surface area contributed by atoms with E-state index >= 15 is 0 Å². The van der Waals surface area contributed by atoms with Crippen LogP contribution >= 0.6 is 11.8 Å². The van der Waals surface area contributed by atoms with E-state index in [4.69, 9.17) is 4.98 Å². The molecule has 1 aromatic heterocycles. The highest BCUT2D eigenvalue weighted by molar-refractivity contribution is 7.98. The molecule has 0 unspecified atom stereocenters. The zero-order valence-corrected chi connectivity index (χ0v) is 12.9. The number of hydrogen-bond acceptors (Lipinski definition) is 2. The lowest BCUT2D eigenvalue weighted by atomic mass is 10.0. The number of aryl methyl sites for hydroxylation is 1. The number of nitrogens with zero attached hydrogens (tertiary/aromatic N) is 1. The first-order valence-corrected chi connectivity index (χ1v) is 8.18. The van der Waals surface area contributed by atoms with Crippen molar-refractivity contribution in [3.8, 4) is 11.3 Å². The van der Waals surface area contributed by atoms with Gasteiger partial charge in [0.2, 0.25) is 0 Å². The van der Waals surface area contributed by atoms with Crippen LogP contribution in [0.25, 0.3) is 22.2 Å². The summed E-state index contributed by atoms with van der Waals surface area (Å²) in [7, 11) is 0. The van der Waals surface area contributed by atoms with Gasteiger partial charge in [-0.05, 0) is 42.5 Å². The lowest BCUT2D eigenvalue weighted by Gasteiger charge is -2.12. The Bertz CT molecular complexity index is 798. The second-order valence-electron chi connectivity index (χ2n) is 4.89. The third-order valence-electron chi connectivity index (χ3n) is 3.60. The van der Waals surface area contributed by atoms with E-state index in [2.05, 4.69) is 31.4 Å². The van der Waals surface area contributed by atoms with Crippen molar-refractivity contribution in [2.75, 3.05) is 6.26 Å². The van der Waals surface area contributed by atoms with Gasteiger partial charge < -0.3 is 0 Å². The molecule has 0 aliphatic carbocycles. The molecule has 106 valence electrons. The molecule has 0 saturated heterocycles. The Morgan fingerprint density at radius 2 is 1.90 bits per heavy atom. The van der Waals surface area contributed by atoms with Crippen LogP contribution in [0.5, 0.6) is 0 Å². The van der Waals surface area contributed by atoms with Gasteiger partial charge in [-0.3, -0.25) is 0 Å². The second-order valence-corrected chi connectivity index (χ2v) is 5.74. The minimum atomic E-state index is -0.247. The summed E-state index contributed by atoms with van der Waals surface area (Å²) >= 11 is 1.70. The van der Waals surface area contributed by atoms with Gasteiger partial charge in [-0.2, -0.15) is 0 Å². The topological polar surface area (TPSA) is 12.9 Å². The minimum Gasteiger partial charge on any atom is -0.247 e. The SMILES string of the molecule is CCc1cc2ccc(F)cc2nc1-c1ccccc1SC. The summed E-state index contributed by atoms with van der Waals surface area (Å²) in [6.45, 7) is 2.12. The normalized spacial score (nSPS) is 11.0. The summed E-state index contributed by atoms with van der Waals surface area (Å²) in [4.78, 5) is 5.92. The molecule has 1 nitrogen and oxygen atoms in total. The molecule has 3 aromatic rings. The van der Waals surface area contributed by atoms with Crippen molar-refractivity contribution in [1.29, 1.82) is 0 Å². The number of aromatic nitrogens is 1. The largest absolute Gasteiger partial charge is 0.247 e. The van der Waals surface area contributed by atoms with Gasteiger partial charge in [0.05, 0.1) is 11.2 Å². The molecule has 0 saturated carbocycles. The van der Waals surface area contributed by atoms with E-state index in [9.17, 15) is 4.39 Å². The molecule has 0 amide bonds. The van der Waals surface area contributed by atoms with Crippen LogP contribution in [-0.4, -0.2) is 11.2 Å². The van der Waals surface area contributed by atoms with Crippen molar-refractivity contribution >= 4 is 22.7 Å². The summed E-state index contributed by atoms with van der Waals surface area (Å²) in [6.07, 6.45) is 2.96. The molecule has 2 aromatic carbocycles. The molecule has 1 heterocycles. The highest BCUT2D eigenvalue weighted by atomic mass is 32.2. The van der Waals surface area contributed by atoms with Crippen molar-refractivity contribution in [3.63, 3.8) is 0 Å². The van der Waals surface area contributed by atoms with E-state index in [1.54, 1.807) is 17.8 Å². The maximum absolute atomic E-state index is 13.5. The van der Waals surface area contributed by atoms with Gasteiger partial charge in [-0.1, -0.05) is 25.1 Å². The Labute approximate surface area is 128 Å². The Morgan fingerprint density at radius 3 is 2.67 bits per heavy atom. The molecule has 0 atom stereocenters. The lowest BCUT2D eigenvalue weighted by molar-refractivity contribution is 0.629. The highest BCUT2D eigenvalue weighted by Crippen LogP contribution is 2.33. The Balaban J connectivity index is 2.29. The monoisotopic (exact) mass is 297 g/mol. The minimum absolute atomic E-state index is 0.247. The first kappa shape index (κ1) is 14.1. The van der Waals surface area contributed by atoms with Crippen molar-refractivity contribution in [2.45, 2.75) is 18.2 Å². The van der Waals surface area contributed by atoms with Gasteiger partial charge in [0.15, 0.2) is 0 Å². The molecule has 0 radical (unpaired) electrons. The Hall–Kier alpha value is -1.87. The summed E-state index contributed by atoms with van der Waals surface area (Å²) in [6, 6.07) is 15.1. The van der Waals surface area contributed by atoms with Crippen molar-refractivity contribution in [1.82, 2.24) is 4.98 Å². The molecule has 3 heteroatoms. The average Bonchev–Trinajstić information content (AvgIpc) is 2.53. The molecular weight excluding hydrogens is 281 g/mol. The van der Waals surface area contributed by atoms with E-state index in [-0.39, 0.29) is 5.82 Å². The first-order chi connectivity index (χ1) is 10.2. The van der Waals surface area contributed by atoms with E-state index < -0.39 is 0 Å². The number of hydrogen-bond donors (Lipinski definition) is 0. The average molecular weight is 297 g/mol. The van der Waals surface area contributed by atoms with Crippen LogP contribution in [0.15, 0.2) is 53.4 Å². The number of rotatable bonds is 3. The van der Waals surface area contributed by atoms with Crippen LogP contribution in [0.4, 0.5) is 4.39 Å². The molecule has 0 bridgehead atoms. The Kier molecular flexibility index (Phi) is 3.93. The number of pyridine rings is 1. The number of fused-ring (bicyclic) bond motifs is 1. The number of thioether (sulfide) groups is 1. The fourth-order valence-electron chi connectivity index (χ4n) is 2.53. The van der Waals surface area contributed by atoms with Crippen LogP contribution in [0.2, 0.25) is 0 Å². The molecule has 3 rings (SSSR count). The molecule has 0 aliphatic heterocycles. The predicted octanol–water partition coefficient (Wildman–Crippen LogP) is 5.33. The Morgan fingerprint density at radius 1 is 1.10 bits per heavy atom. The van der Waals surface area contributed by atoms with Crippen LogP contribution in [0.1, 0.15) is 12.5 Å². The summed E-state index contributed by atoms with van der Waals surface area (Å²) in [5.41, 5.74) is 3.97. The first-order valence-electron chi connectivity index (χ1n) is 6.95. The van der Waals surface area contributed by atoms with Crippen LogP contribution in [0.3, 0.4) is 0 Å². The van der Waals surface area contributed by atoms with Gasteiger partial charge >= 0.3 is 0 Å². The maximum atomic E-state index is 13.5.